The smallest absolute Gasteiger partial charge is 0.251 e. The molecule has 114 valence electrons. The second-order valence-corrected chi connectivity index (χ2v) is 6.83. The van der Waals surface area contributed by atoms with Crippen molar-refractivity contribution in [1.82, 2.24) is 5.32 Å². The standard InChI is InChI=1S/C19H20BrNO/c20-17-12-10-16(11-13-17)19(22)21-18(15-8-4-5-9-15)14-6-2-1-3-7-14/h1-3,6-7,10-13,15,18H,4-5,8-9H2,(H,21,22)/t18-/m1/s1. The van der Waals surface area contributed by atoms with Gasteiger partial charge in [0, 0.05) is 10.0 Å². The van der Waals surface area contributed by atoms with E-state index in [1.807, 2.05) is 42.5 Å². The number of hydrogen-bond donors (Lipinski definition) is 1. The molecule has 0 aromatic heterocycles. The summed E-state index contributed by atoms with van der Waals surface area (Å²) < 4.78 is 0.986. The highest BCUT2D eigenvalue weighted by atomic mass is 79.9. The number of hydrogen-bond acceptors (Lipinski definition) is 1. The molecule has 1 amide bonds. The summed E-state index contributed by atoms with van der Waals surface area (Å²) in [5.74, 6) is 0.551. The molecule has 2 aromatic rings. The van der Waals surface area contributed by atoms with Crippen LogP contribution in [0, 0.1) is 5.92 Å². The highest BCUT2D eigenvalue weighted by Crippen LogP contribution is 2.35. The number of carbonyl (C=O) groups excluding carboxylic acids is 1. The Kier molecular flexibility index (Phi) is 4.94. The zero-order valence-electron chi connectivity index (χ0n) is 12.5. The number of amides is 1. The second kappa shape index (κ2) is 7.10. The van der Waals surface area contributed by atoms with Gasteiger partial charge in [-0.1, -0.05) is 59.1 Å². The van der Waals surface area contributed by atoms with Crippen molar-refractivity contribution in [3.63, 3.8) is 0 Å². The van der Waals surface area contributed by atoms with Gasteiger partial charge in [0.1, 0.15) is 0 Å². The molecule has 1 aliphatic rings. The fourth-order valence-electron chi connectivity index (χ4n) is 3.25. The Morgan fingerprint density at radius 2 is 1.64 bits per heavy atom. The molecule has 3 rings (SSSR count). The molecule has 1 N–H and O–H groups in total. The van der Waals surface area contributed by atoms with Crippen molar-refractivity contribution < 1.29 is 4.79 Å². The van der Waals surface area contributed by atoms with Crippen LogP contribution >= 0.6 is 15.9 Å². The van der Waals surface area contributed by atoms with Crippen LogP contribution in [0.4, 0.5) is 0 Å². The first kappa shape index (κ1) is 15.3. The van der Waals surface area contributed by atoms with Gasteiger partial charge in [0.15, 0.2) is 0 Å². The molecule has 0 heterocycles. The summed E-state index contributed by atoms with van der Waals surface area (Å²) in [6.07, 6.45) is 4.92. The highest BCUT2D eigenvalue weighted by molar-refractivity contribution is 9.10. The summed E-state index contributed by atoms with van der Waals surface area (Å²) in [6, 6.07) is 18.0. The molecule has 0 unspecified atom stereocenters. The van der Waals surface area contributed by atoms with Gasteiger partial charge in [0.05, 0.1) is 6.04 Å². The summed E-state index contributed by atoms with van der Waals surface area (Å²) in [7, 11) is 0. The summed E-state index contributed by atoms with van der Waals surface area (Å²) in [5, 5.41) is 3.26. The zero-order chi connectivity index (χ0) is 15.4. The van der Waals surface area contributed by atoms with Crippen molar-refractivity contribution in [2.45, 2.75) is 31.7 Å². The Morgan fingerprint density at radius 3 is 2.27 bits per heavy atom. The van der Waals surface area contributed by atoms with Crippen molar-refractivity contribution in [2.24, 2.45) is 5.92 Å². The molecule has 2 aromatic carbocycles. The maximum atomic E-state index is 12.6. The maximum absolute atomic E-state index is 12.6. The van der Waals surface area contributed by atoms with Gasteiger partial charge in [0.25, 0.3) is 5.91 Å². The Hall–Kier alpha value is -1.61. The summed E-state index contributed by atoms with van der Waals surface area (Å²) >= 11 is 3.40. The van der Waals surface area contributed by atoms with Crippen LogP contribution in [-0.4, -0.2) is 5.91 Å². The van der Waals surface area contributed by atoms with Gasteiger partial charge in [-0.25, -0.2) is 0 Å². The third-order valence-electron chi connectivity index (χ3n) is 4.42. The summed E-state index contributed by atoms with van der Waals surface area (Å²) in [6.45, 7) is 0. The number of benzene rings is 2. The summed E-state index contributed by atoms with van der Waals surface area (Å²) in [4.78, 5) is 12.6. The molecule has 0 aliphatic heterocycles. The van der Waals surface area contributed by atoms with E-state index in [4.69, 9.17) is 0 Å². The first-order valence-corrected chi connectivity index (χ1v) is 8.65. The van der Waals surface area contributed by atoms with Crippen LogP contribution in [0.15, 0.2) is 59.1 Å². The first-order chi connectivity index (χ1) is 10.7. The number of carbonyl (C=O) groups is 1. The molecule has 0 spiro atoms. The quantitative estimate of drug-likeness (QED) is 0.809. The first-order valence-electron chi connectivity index (χ1n) is 7.85. The third-order valence-corrected chi connectivity index (χ3v) is 4.95. The second-order valence-electron chi connectivity index (χ2n) is 5.91. The topological polar surface area (TPSA) is 29.1 Å². The molecule has 0 bridgehead atoms. The van der Waals surface area contributed by atoms with Crippen LogP contribution in [0.25, 0.3) is 0 Å². The molecular weight excluding hydrogens is 338 g/mol. The molecule has 2 nitrogen and oxygen atoms in total. The monoisotopic (exact) mass is 357 g/mol. The molecule has 1 fully saturated rings. The van der Waals surface area contributed by atoms with Gasteiger partial charge >= 0.3 is 0 Å². The zero-order valence-corrected chi connectivity index (χ0v) is 14.1. The van der Waals surface area contributed by atoms with Gasteiger partial charge in [-0.2, -0.15) is 0 Å². The average Bonchev–Trinajstić information content (AvgIpc) is 3.08. The molecule has 0 saturated heterocycles. The number of rotatable bonds is 4. The largest absolute Gasteiger partial charge is 0.345 e. The molecular formula is C19H20BrNO. The van der Waals surface area contributed by atoms with Crippen molar-refractivity contribution in [3.8, 4) is 0 Å². The lowest BCUT2D eigenvalue weighted by molar-refractivity contribution is 0.0922. The minimum atomic E-state index is 0.00764. The third kappa shape index (κ3) is 3.58. The van der Waals surface area contributed by atoms with Gasteiger partial charge in [0.2, 0.25) is 0 Å². The van der Waals surface area contributed by atoms with Gasteiger partial charge in [-0.3, -0.25) is 4.79 Å². The van der Waals surface area contributed by atoms with Gasteiger partial charge in [-0.15, -0.1) is 0 Å². The molecule has 0 radical (unpaired) electrons. The minimum Gasteiger partial charge on any atom is -0.345 e. The number of nitrogens with one attached hydrogen (secondary N) is 1. The van der Waals surface area contributed by atoms with E-state index in [2.05, 4.69) is 33.4 Å². The van der Waals surface area contributed by atoms with E-state index in [1.54, 1.807) is 0 Å². The van der Waals surface area contributed by atoms with Crippen LogP contribution in [-0.2, 0) is 0 Å². The predicted molar refractivity (Wildman–Crippen MR) is 92.7 cm³/mol. The fourth-order valence-corrected chi connectivity index (χ4v) is 3.51. The maximum Gasteiger partial charge on any atom is 0.251 e. The van der Waals surface area contributed by atoms with E-state index in [-0.39, 0.29) is 11.9 Å². The molecule has 1 saturated carbocycles. The van der Waals surface area contributed by atoms with Crippen LogP contribution in [0.2, 0.25) is 0 Å². The van der Waals surface area contributed by atoms with Crippen molar-refractivity contribution in [3.05, 3.63) is 70.2 Å². The lowest BCUT2D eigenvalue weighted by Gasteiger charge is -2.25. The Balaban J connectivity index is 1.80. The molecule has 1 atom stereocenters. The van der Waals surface area contributed by atoms with Crippen molar-refractivity contribution in [1.29, 1.82) is 0 Å². The average molecular weight is 358 g/mol. The van der Waals surface area contributed by atoms with Gasteiger partial charge in [-0.05, 0) is 48.6 Å². The van der Waals surface area contributed by atoms with Crippen LogP contribution < -0.4 is 5.32 Å². The lowest BCUT2D eigenvalue weighted by Crippen LogP contribution is -2.32. The highest BCUT2D eigenvalue weighted by Gasteiger charge is 2.27. The number of halogens is 1. The molecule has 3 heteroatoms. The SMILES string of the molecule is O=C(N[C@H](c1ccccc1)C1CCCC1)c1ccc(Br)cc1. The Morgan fingerprint density at radius 1 is 1.00 bits per heavy atom. The fraction of sp³-hybridized carbons (Fsp3) is 0.316. The van der Waals surface area contributed by atoms with E-state index in [9.17, 15) is 4.79 Å². The van der Waals surface area contributed by atoms with E-state index < -0.39 is 0 Å². The lowest BCUT2D eigenvalue weighted by atomic mass is 9.91. The van der Waals surface area contributed by atoms with E-state index in [0.29, 0.717) is 11.5 Å². The van der Waals surface area contributed by atoms with E-state index in [0.717, 1.165) is 4.47 Å². The van der Waals surface area contributed by atoms with E-state index in [1.165, 1.54) is 31.2 Å². The minimum absolute atomic E-state index is 0.00764. The molecule has 22 heavy (non-hydrogen) atoms. The van der Waals surface area contributed by atoms with Crippen LogP contribution in [0.5, 0.6) is 0 Å². The van der Waals surface area contributed by atoms with Crippen molar-refractivity contribution in [2.75, 3.05) is 0 Å². The summed E-state index contributed by atoms with van der Waals surface area (Å²) in [5.41, 5.74) is 1.92. The normalized spacial score (nSPS) is 16.4. The van der Waals surface area contributed by atoms with Crippen LogP contribution in [0.3, 0.4) is 0 Å². The predicted octanol–water partition coefficient (Wildman–Crippen LogP) is 5.11. The Labute approximate surface area is 140 Å². The Bertz CT molecular complexity index is 618. The van der Waals surface area contributed by atoms with Crippen molar-refractivity contribution >= 4 is 21.8 Å². The molecule has 1 aliphatic carbocycles. The van der Waals surface area contributed by atoms with E-state index >= 15 is 0 Å². The van der Waals surface area contributed by atoms with Gasteiger partial charge < -0.3 is 5.32 Å². The van der Waals surface area contributed by atoms with Crippen LogP contribution in [0.1, 0.15) is 47.6 Å².